The molecular formula is C34H33ClN2O2. The van der Waals surface area contributed by atoms with E-state index in [-0.39, 0.29) is 11.9 Å². The molecule has 3 aromatic carbocycles. The minimum Gasteiger partial charge on any atom is -0.489 e. The van der Waals surface area contributed by atoms with Crippen molar-refractivity contribution in [2.24, 2.45) is 0 Å². The quantitative estimate of drug-likeness (QED) is 0.386. The molecule has 2 heterocycles. The van der Waals surface area contributed by atoms with Gasteiger partial charge in [0, 0.05) is 23.7 Å². The minimum atomic E-state index is 0.155. The number of carbonyl (C=O) groups excluding carboxylic acids is 1. The third-order valence-electron chi connectivity index (χ3n) is 8.02. The maximum atomic E-state index is 13.4. The Bertz CT molecular complexity index is 1450. The van der Waals surface area contributed by atoms with E-state index < -0.39 is 0 Å². The third-order valence-corrected chi connectivity index (χ3v) is 8.26. The number of halogens is 1. The van der Waals surface area contributed by atoms with Crippen LogP contribution in [0.25, 0.3) is 5.57 Å². The van der Waals surface area contributed by atoms with Gasteiger partial charge >= 0.3 is 0 Å². The molecule has 0 aromatic heterocycles. The molecule has 1 fully saturated rings. The van der Waals surface area contributed by atoms with Crippen molar-refractivity contribution in [1.82, 2.24) is 10.2 Å². The first-order valence-electron chi connectivity index (χ1n) is 13.8. The van der Waals surface area contributed by atoms with Crippen LogP contribution in [0, 0.1) is 0 Å². The van der Waals surface area contributed by atoms with Crippen LogP contribution in [0.5, 0.6) is 5.75 Å². The fourth-order valence-electron chi connectivity index (χ4n) is 5.98. The Labute approximate surface area is 235 Å². The van der Waals surface area contributed by atoms with Gasteiger partial charge in [0.15, 0.2) is 0 Å². The first kappa shape index (κ1) is 25.5. The summed E-state index contributed by atoms with van der Waals surface area (Å²) >= 11 is 6.39. The van der Waals surface area contributed by atoms with Crippen molar-refractivity contribution < 1.29 is 9.53 Å². The van der Waals surface area contributed by atoms with Crippen molar-refractivity contribution in [1.29, 1.82) is 0 Å². The van der Waals surface area contributed by atoms with E-state index in [4.69, 9.17) is 16.3 Å². The van der Waals surface area contributed by atoms with Crippen LogP contribution < -0.4 is 10.1 Å². The molecule has 0 radical (unpaired) electrons. The maximum Gasteiger partial charge on any atom is 0.227 e. The van der Waals surface area contributed by atoms with Gasteiger partial charge in [0.2, 0.25) is 5.91 Å². The number of rotatable bonds is 5. The van der Waals surface area contributed by atoms with Crippen molar-refractivity contribution in [2.45, 2.75) is 44.8 Å². The number of nitrogens with one attached hydrogen (secondary N) is 1. The number of hydrogen-bond donors (Lipinski definition) is 1. The fourth-order valence-corrected chi connectivity index (χ4v) is 6.17. The van der Waals surface area contributed by atoms with Gasteiger partial charge in [-0.1, -0.05) is 77.8 Å². The number of benzene rings is 3. The summed E-state index contributed by atoms with van der Waals surface area (Å²) in [5.74, 6) is 0.932. The second-order valence-corrected chi connectivity index (χ2v) is 10.9. The van der Waals surface area contributed by atoms with Gasteiger partial charge in [0.05, 0.1) is 12.5 Å². The molecule has 1 amide bonds. The number of hydrogen-bond acceptors (Lipinski definition) is 3. The number of para-hydroxylation sites is 1. The highest BCUT2D eigenvalue weighted by Crippen LogP contribution is 2.39. The molecule has 39 heavy (non-hydrogen) atoms. The van der Waals surface area contributed by atoms with Gasteiger partial charge in [-0.2, -0.15) is 0 Å². The summed E-state index contributed by atoms with van der Waals surface area (Å²) in [5.41, 5.74) is 8.89. The lowest BCUT2D eigenvalue weighted by Crippen LogP contribution is -2.38. The monoisotopic (exact) mass is 536 g/mol. The van der Waals surface area contributed by atoms with Crippen LogP contribution in [-0.2, 0) is 24.2 Å². The molecule has 0 saturated carbocycles. The molecule has 4 nitrogen and oxygen atoms in total. The van der Waals surface area contributed by atoms with Crippen LogP contribution in [0.2, 0.25) is 5.02 Å². The van der Waals surface area contributed by atoms with E-state index in [1.165, 1.54) is 27.8 Å². The van der Waals surface area contributed by atoms with Crippen molar-refractivity contribution in [3.63, 3.8) is 0 Å². The van der Waals surface area contributed by atoms with Gasteiger partial charge in [0.25, 0.3) is 0 Å². The van der Waals surface area contributed by atoms with E-state index in [9.17, 15) is 4.79 Å². The average Bonchev–Trinajstić information content (AvgIpc) is 3.14. The normalized spacial score (nSPS) is 18.4. The highest BCUT2D eigenvalue weighted by atomic mass is 35.5. The Morgan fingerprint density at radius 2 is 1.74 bits per heavy atom. The third kappa shape index (κ3) is 5.67. The topological polar surface area (TPSA) is 41.6 Å². The molecule has 198 valence electrons. The smallest absolute Gasteiger partial charge is 0.227 e. The van der Waals surface area contributed by atoms with Crippen LogP contribution >= 0.6 is 11.6 Å². The predicted octanol–water partition coefficient (Wildman–Crippen LogP) is 6.90. The van der Waals surface area contributed by atoms with E-state index >= 15 is 0 Å². The van der Waals surface area contributed by atoms with Gasteiger partial charge in [0.1, 0.15) is 12.4 Å². The second kappa shape index (κ2) is 11.5. The van der Waals surface area contributed by atoms with Gasteiger partial charge in [-0.05, 0) is 84.0 Å². The molecule has 1 aliphatic carbocycles. The molecule has 1 saturated heterocycles. The number of allylic oxidation sites excluding steroid dienone is 2. The number of piperidine rings is 1. The zero-order valence-corrected chi connectivity index (χ0v) is 22.8. The fraction of sp³-hybridized carbons (Fsp3) is 0.265. The highest BCUT2D eigenvalue weighted by molar-refractivity contribution is 6.30. The number of amides is 1. The molecule has 3 aliphatic rings. The molecule has 5 heteroatoms. The zero-order valence-electron chi connectivity index (χ0n) is 22.0. The van der Waals surface area contributed by atoms with Crippen molar-refractivity contribution >= 4 is 23.1 Å². The molecule has 6 rings (SSSR count). The molecule has 0 bridgehead atoms. The standard InChI is InChI=1S/C34H33ClN2O2/c35-29-14-15-30-27(21-29)13-12-26-10-6-18-36-34(26)33(30)25-16-19-37(20-17-25)32(38)22-28-9-4-5-11-31(28)39-23-24-7-2-1-3-8-24/h1-11,14-15,18,21,34,36H,12-13,16-17,19-20,22-23H2. The Balaban J connectivity index is 1.17. The van der Waals surface area contributed by atoms with Crippen LogP contribution in [0.4, 0.5) is 0 Å². The van der Waals surface area contributed by atoms with Gasteiger partial charge < -0.3 is 15.0 Å². The van der Waals surface area contributed by atoms with Crippen molar-refractivity contribution in [2.75, 3.05) is 13.1 Å². The molecule has 1 unspecified atom stereocenters. The van der Waals surface area contributed by atoms with Crippen LogP contribution in [0.15, 0.2) is 102 Å². The summed E-state index contributed by atoms with van der Waals surface area (Å²) in [4.78, 5) is 15.4. The van der Waals surface area contributed by atoms with Crippen molar-refractivity contribution in [3.05, 3.63) is 130 Å². The predicted molar refractivity (Wildman–Crippen MR) is 158 cm³/mol. The number of carbonyl (C=O) groups is 1. The average molecular weight is 537 g/mol. The van der Waals surface area contributed by atoms with Crippen LogP contribution in [0.3, 0.4) is 0 Å². The molecule has 1 atom stereocenters. The van der Waals surface area contributed by atoms with Crippen molar-refractivity contribution in [3.8, 4) is 5.75 Å². The SMILES string of the molecule is O=C(Cc1ccccc1OCc1ccccc1)N1CCC(=C2c3ccc(Cl)cc3CCC3=CC=CNC32)CC1. The Morgan fingerprint density at radius 1 is 0.949 bits per heavy atom. The van der Waals surface area contributed by atoms with E-state index in [1.54, 1.807) is 0 Å². The lowest BCUT2D eigenvalue weighted by Gasteiger charge is -2.33. The summed E-state index contributed by atoms with van der Waals surface area (Å²) in [5, 5.41) is 4.41. The second-order valence-electron chi connectivity index (χ2n) is 10.5. The summed E-state index contributed by atoms with van der Waals surface area (Å²) in [6.07, 6.45) is 10.5. The molecule has 1 N–H and O–H groups in total. The zero-order chi connectivity index (χ0) is 26.6. The Kier molecular flexibility index (Phi) is 7.55. The van der Waals surface area contributed by atoms with Gasteiger partial charge in [-0.15, -0.1) is 0 Å². The number of ether oxygens (including phenoxy) is 1. The Morgan fingerprint density at radius 3 is 2.59 bits per heavy atom. The highest BCUT2D eigenvalue weighted by Gasteiger charge is 2.30. The first-order valence-corrected chi connectivity index (χ1v) is 14.2. The van der Waals surface area contributed by atoms with E-state index in [0.717, 1.165) is 60.7 Å². The number of fused-ring (bicyclic) bond motifs is 2. The van der Waals surface area contributed by atoms with Gasteiger partial charge in [-0.25, -0.2) is 0 Å². The van der Waals surface area contributed by atoms with Crippen LogP contribution in [0.1, 0.15) is 41.5 Å². The maximum absolute atomic E-state index is 13.4. The summed E-state index contributed by atoms with van der Waals surface area (Å²) in [7, 11) is 0. The molecule has 2 aliphatic heterocycles. The molecular weight excluding hydrogens is 504 g/mol. The lowest BCUT2D eigenvalue weighted by atomic mass is 9.85. The minimum absolute atomic E-state index is 0.155. The first-order chi connectivity index (χ1) is 19.2. The summed E-state index contributed by atoms with van der Waals surface area (Å²) < 4.78 is 6.11. The summed E-state index contributed by atoms with van der Waals surface area (Å²) in [6.45, 7) is 1.95. The number of aryl methyl sites for hydroxylation is 1. The number of likely N-dealkylation sites (tertiary alicyclic amines) is 1. The number of nitrogens with zero attached hydrogens (tertiary/aromatic N) is 1. The van der Waals surface area contributed by atoms with E-state index in [1.807, 2.05) is 71.8 Å². The largest absolute Gasteiger partial charge is 0.489 e. The Hall–Kier alpha value is -3.76. The summed E-state index contributed by atoms with van der Waals surface area (Å²) in [6, 6.07) is 24.5. The van der Waals surface area contributed by atoms with Gasteiger partial charge in [-0.3, -0.25) is 4.79 Å². The number of dihydropyridines is 1. The van der Waals surface area contributed by atoms with E-state index in [0.29, 0.717) is 13.0 Å². The lowest BCUT2D eigenvalue weighted by molar-refractivity contribution is -0.130. The molecule has 3 aromatic rings. The molecule has 0 spiro atoms. The van der Waals surface area contributed by atoms with E-state index in [2.05, 4.69) is 29.6 Å². The van der Waals surface area contributed by atoms with Crippen LogP contribution in [-0.4, -0.2) is 29.9 Å².